The van der Waals surface area contributed by atoms with Gasteiger partial charge in [-0.15, -0.1) is 0 Å². The van der Waals surface area contributed by atoms with Crippen LogP contribution in [0.15, 0.2) is 6.07 Å². The van der Waals surface area contributed by atoms with Crippen molar-refractivity contribution in [2.45, 2.75) is 45.3 Å². The first-order valence-corrected chi connectivity index (χ1v) is 7.81. The molecule has 1 saturated carbocycles. The summed E-state index contributed by atoms with van der Waals surface area (Å²) in [6.07, 6.45) is 2.54. The second kappa shape index (κ2) is 5.81. The van der Waals surface area contributed by atoms with Gasteiger partial charge in [-0.25, -0.2) is 0 Å². The van der Waals surface area contributed by atoms with E-state index < -0.39 is 0 Å². The smallest absolute Gasteiger partial charge is 0.270 e. The standard InChI is InChI=1S/C16H24N2O3/c1-10-8-11(2)17-15(10)16(20)18-6-7-21-9-13(18)12-4-3-5-14(12)19/h8,12-14,17,19H,3-7,9H2,1-2H3/t12-,13-,14-/m1/s1. The van der Waals surface area contributed by atoms with Crippen LogP contribution in [-0.2, 0) is 4.74 Å². The highest BCUT2D eigenvalue weighted by molar-refractivity contribution is 5.94. The van der Waals surface area contributed by atoms with Crippen molar-refractivity contribution in [1.82, 2.24) is 9.88 Å². The van der Waals surface area contributed by atoms with Crippen molar-refractivity contribution in [1.29, 1.82) is 0 Å². The number of ether oxygens (including phenoxy) is 1. The molecule has 0 spiro atoms. The highest BCUT2D eigenvalue weighted by Gasteiger charge is 2.40. The summed E-state index contributed by atoms with van der Waals surface area (Å²) in [7, 11) is 0. The van der Waals surface area contributed by atoms with Crippen molar-refractivity contribution in [3.05, 3.63) is 23.0 Å². The van der Waals surface area contributed by atoms with E-state index in [9.17, 15) is 9.90 Å². The van der Waals surface area contributed by atoms with Crippen molar-refractivity contribution < 1.29 is 14.6 Å². The van der Waals surface area contributed by atoms with E-state index in [4.69, 9.17) is 4.74 Å². The molecule has 1 aromatic rings. The number of amides is 1. The second-order valence-electron chi connectivity index (χ2n) is 6.31. The fraction of sp³-hybridized carbons (Fsp3) is 0.688. The van der Waals surface area contributed by atoms with Crippen molar-refractivity contribution in [2.24, 2.45) is 5.92 Å². The zero-order valence-electron chi connectivity index (χ0n) is 12.8. The van der Waals surface area contributed by atoms with Crippen LogP contribution in [0.1, 0.15) is 41.0 Å². The molecule has 0 bridgehead atoms. The lowest BCUT2D eigenvalue weighted by atomic mass is 9.94. The zero-order valence-corrected chi connectivity index (χ0v) is 12.8. The number of morpholine rings is 1. The fourth-order valence-corrected chi connectivity index (χ4v) is 3.74. The number of aliphatic hydroxyl groups excluding tert-OH is 1. The van der Waals surface area contributed by atoms with E-state index >= 15 is 0 Å². The van der Waals surface area contributed by atoms with Gasteiger partial charge >= 0.3 is 0 Å². The minimum atomic E-state index is -0.307. The Labute approximate surface area is 125 Å². The molecule has 2 fully saturated rings. The monoisotopic (exact) mass is 292 g/mol. The number of rotatable bonds is 2. The van der Waals surface area contributed by atoms with Gasteiger partial charge in [-0.3, -0.25) is 4.79 Å². The first-order chi connectivity index (χ1) is 10.1. The van der Waals surface area contributed by atoms with Crippen LogP contribution in [0.4, 0.5) is 0 Å². The molecule has 0 unspecified atom stereocenters. The maximum Gasteiger partial charge on any atom is 0.270 e. The van der Waals surface area contributed by atoms with E-state index in [0.29, 0.717) is 25.5 Å². The van der Waals surface area contributed by atoms with Crippen LogP contribution in [0.25, 0.3) is 0 Å². The molecule has 116 valence electrons. The Bertz CT molecular complexity index is 526. The van der Waals surface area contributed by atoms with E-state index in [-0.39, 0.29) is 24.0 Å². The molecule has 5 nitrogen and oxygen atoms in total. The lowest BCUT2D eigenvalue weighted by Gasteiger charge is -2.40. The van der Waals surface area contributed by atoms with Crippen LogP contribution in [0.5, 0.6) is 0 Å². The van der Waals surface area contributed by atoms with Gasteiger partial charge in [0, 0.05) is 18.2 Å². The van der Waals surface area contributed by atoms with Gasteiger partial charge < -0.3 is 19.7 Å². The molecule has 3 rings (SSSR count). The molecule has 0 aromatic carbocycles. The molecule has 3 atom stereocenters. The van der Waals surface area contributed by atoms with Crippen LogP contribution >= 0.6 is 0 Å². The summed E-state index contributed by atoms with van der Waals surface area (Å²) in [5, 5.41) is 10.2. The molecule has 2 N–H and O–H groups in total. The van der Waals surface area contributed by atoms with E-state index in [0.717, 1.165) is 30.5 Å². The van der Waals surface area contributed by atoms with Crippen LogP contribution in [-0.4, -0.2) is 52.8 Å². The fourth-order valence-electron chi connectivity index (χ4n) is 3.74. The average Bonchev–Trinajstić information content (AvgIpc) is 3.03. The summed E-state index contributed by atoms with van der Waals surface area (Å²) in [6.45, 7) is 5.62. The number of hydrogen-bond acceptors (Lipinski definition) is 3. The minimum absolute atomic E-state index is 0.00763. The first-order valence-electron chi connectivity index (χ1n) is 7.81. The molecule has 1 aliphatic carbocycles. The van der Waals surface area contributed by atoms with E-state index in [1.54, 1.807) is 0 Å². The van der Waals surface area contributed by atoms with E-state index in [1.807, 2.05) is 24.8 Å². The van der Waals surface area contributed by atoms with Gasteiger partial charge in [0.2, 0.25) is 0 Å². The highest BCUT2D eigenvalue weighted by atomic mass is 16.5. The number of aromatic nitrogens is 1. The number of aliphatic hydroxyl groups is 1. The van der Waals surface area contributed by atoms with Crippen molar-refractivity contribution in [3.8, 4) is 0 Å². The van der Waals surface area contributed by atoms with Gasteiger partial charge in [-0.1, -0.05) is 6.42 Å². The summed E-state index contributed by atoms with van der Waals surface area (Å²) < 4.78 is 5.58. The Balaban J connectivity index is 1.83. The number of nitrogens with one attached hydrogen (secondary N) is 1. The SMILES string of the molecule is Cc1cc(C)c(C(=O)N2CCOC[C@@H]2[C@H]2CCC[C@H]2O)[nH]1. The van der Waals surface area contributed by atoms with Crippen LogP contribution in [0.2, 0.25) is 0 Å². The summed E-state index contributed by atoms with van der Waals surface area (Å²) in [6, 6.07) is 1.99. The Morgan fingerprint density at radius 2 is 2.24 bits per heavy atom. The number of carbonyl (C=O) groups is 1. The molecule has 5 heteroatoms. The van der Waals surface area contributed by atoms with Gasteiger partial charge in [0.25, 0.3) is 5.91 Å². The summed E-state index contributed by atoms with van der Waals surface area (Å²) in [5.74, 6) is 0.179. The average molecular weight is 292 g/mol. The predicted octanol–water partition coefficient (Wildman–Crippen LogP) is 1.63. The Kier molecular flexibility index (Phi) is 4.04. The molecule has 2 aliphatic rings. The molecule has 2 heterocycles. The van der Waals surface area contributed by atoms with E-state index in [2.05, 4.69) is 4.98 Å². The Hall–Kier alpha value is -1.33. The van der Waals surface area contributed by atoms with Crippen molar-refractivity contribution in [2.75, 3.05) is 19.8 Å². The third-order valence-electron chi connectivity index (χ3n) is 4.82. The van der Waals surface area contributed by atoms with Gasteiger partial charge in [-0.2, -0.15) is 0 Å². The third kappa shape index (κ3) is 2.72. The largest absolute Gasteiger partial charge is 0.393 e. The number of carbonyl (C=O) groups excluding carboxylic acids is 1. The number of aryl methyl sites for hydroxylation is 2. The van der Waals surface area contributed by atoms with Crippen molar-refractivity contribution in [3.63, 3.8) is 0 Å². The minimum Gasteiger partial charge on any atom is -0.393 e. The maximum absolute atomic E-state index is 12.9. The molecule has 1 aliphatic heterocycles. The molecule has 1 aromatic heterocycles. The van der Waals surface area contributed by atoms with Crippen LogP contribution in [0, 0.1) is 19.8 Å². The topological polar surface area (TPSA) is 65.6 Å². The third-order valence-corrected chi connectivity index (χ3v) is 4.82. The molecule has 1 saturated heterocycles. The lowest BCUT2D eigenvalue weighted by molar-refractivity contribution is -0.0385. The van der Waals surface area contributed by atoms with Crippen LogP contribution in [0.3, 0.4) is 0 Å². The molecule has 0 radical (unpaired) electrons. The number of nitrogens with zero attached hydrogens (tertiary/aromatic N) is 1. The molecule has 21 heavy (non-hydrogen) atoms. The zero-order chi connectivity index (χ0) is 15.0. The van der Waals surface area contributed by atoms with Gasteiger partial charge in [-0.05, 0) is 38.3 Å². The van der Waals surface area contributed by atoms with E-state index in [1.165, 1.54) is 0 Å². The van der Waals surface area contributed by atoms with Gasteiger partial charge in [0.15, 0.2) is 0 Å². The van der Waals surface area contributed by atoms with Crippen LogP contribution < -0.4 is 0 Å². The number of hydrogen-bond donors (Lipinski definition) is 2. The Morgan fingerprint density at radius 3 is 2.86 bits per heavy atom. The molecule has 1 amide bonds. The Morgan fingerprint density at radius 1 is 1.43 bits per heavy atom. The summed E-state index contributed by atoms with van der Waals surface area (Å²) in [4.78, 5) is 17.9. The maximum atomic E-state index is 12.9. The summed E-state index contributed by atoms with van der Waals surface area (Å²) in [5.41, 5.74) is 2.66. The second-order valence-corrected chi connectivity index (χ2v) is 6.31. The van der Waals surface area contributed by atoms with Crippen molar-refractivity contribution >= 4 is 5.91 Å². The lowest BCUT2D eigenvalue weighted by Crippen LogP contribution is -2.53. The van der Waals surface area contributed by atoms with Gasteiger partial charge in [0.05, 0.1) is 25.4 Å². The first kappa shape index (κ1) is 14.6. The normalized spacial score (nSPS) is 29.9. The molecular formula is C16H24N2O3. The number of H-pyrrole nitrogens is 1. The van der Waals surface area contributed by atoms with Gasteiger partial charge in [0.1, 0.15) is 5.69 Å². The summed E-state index contributed by atoms with van der Waals surface area (Å²) >= 11 is 0. The molecular weight excluding hydrogens is 268 g/mol. The predicted molar refractivity (Wildman–Crippen MR) is 79.3 cm³/mol. The highest BCUT2D eigenvalue weighted by Crippen LogP contribution is 2.33. The quantitative estimate of drug-likeness (QED) is 0.871. The number of aromatic amines is 1.